The van der Waals surface area contributed by atoms with Gasteiger partial charge >= 0.3 is 0 Å². The van der Waals surface area contributed by atoms with Crippen molar-refractivity contribution in [1.29, 1.82) is 0 Å². The number of nitrogens with zero attached hydrogens (tertiary/aromatic N) is 1. The van der Waals surface area contributed by atoms with Gasteiger partial charge in [-0.2, -0.15) is 4.31 Å². The SMILES string of the molecule is CCC(C)(C)N(C)S(=O)(=O)c1cc(CN)cc(F)c1C. The van der Waals surface area contributed by atoms with Crippen LogP contribution in [0.15, 0.2) is 17.0 Å². The Kier molecular flexibility index (Phi) is 4.94. The van der Waals surface area contributed by atoms with Crippen LogP contribution in [-0.4, -0.2) is 25.3 Å². The number of benzene rings is 1. The molecular weight excluding hydrogens is 279 g/mol. The largest absolute Gasteiger partial charge is 0.326 e. The van der Waals surface area contributed by atoms with Gasteiger partial charge in [0.2, 0.25) is 10.0 Å². The Balaban J connectivity index is 3.47. The van der Waals surface area contributed by atoms with Gasteiger partial charge in [0.1, 0.15) is 5.82 Å². The lowest BCUT2D eigenvalue weighted by Crippen LogP contribution is -2.44. The maximum absolute atomic E-state index is 13.9. The zero-order chi connectivity index (χ0) is 15.7. The lowest BCUT2D eigenvalue weighted by Gasteiger charge is -2.34. The highest BCUT2D eigenvalue weighted by atomic mass is 32.2. The first kappa shape index (κ1) is 17.1. The lowest BCUT2D eigenvalue weighted by atomic mass is 10.0. The molecule has 0 amide bonds. The van der Waals surface area contributed by atoms with Gasteiger partial charge < -0.3 is 5.73 Å². The number of nitrogens with two attached hydrogens (primary N) is 1. The molecule has 0 atom stereocenters. The maximum atomic E-state index is 13.9. The quantitative estimate of drug-likeness (QED) is 0.908. The first-order chi connectivity index (χ1) is 9.07. The molecule has 0 fully saturated rings. The molecule has 0 bridgehead atoms. The summed E-state index contributed by atoms with van der Waals surface area (Å²) >= 11 is 0. The smallest absolute Gasteiger partial charge is 0.243 e. The summed E-state index contributed by atoms with van der Waals surface area (Å²) < 4.78 is 40.5. The normalized spacial score (nSPS) is 13.0. The van der Waals surface area contributed by atoms with Crippen molar-refractivity contribution < 1.29 is 12.8 Å². The summed E-state index contributed by atoms with van der Waals surface area (Å²) in [6.45, 7) is 7.15. The first-order valence-electron chi connectivity index (χ1n) is 6.56. The van der Waals surface area contributed by atoms with Crippen LogP contribution in [0.3, 0.4) is 0 Å². The van der Waals surface area contributed by atoms with E-state index >= 15 is 0 Å². The van der Waals surface area contributed by atoms with E-state index in [2.05, 4.69) is 0 Å². The topological polar surface area (TPSA) is 63.4 Å². The Labute approximate surface area is 120 Å². The molecule has 1 aromatic rings. The third-order valence-electron chi connectivity index (χ3n) is 3.95. The summed E-state index contributed by atoms with van der Waals surface area (Å²) in [4.78, 5) is -0.0121. The highest BCUT2D eigenvalue weighted by Crippen LogP contribution is 2.28. The second-order valence-electron chi connectivity index (χ2n) is 5.54. The minimum Gasteiger partial charge on any atom is -0.326 e. The van der Waals surface area contributed by atoms with Crippen molar-refractivity contribution in [2.45, 2.75) is 51.1 Å². The zero-order valence-corrected chi connectivity index (χ0v) is 13.5. The number of hydrogen-bond donors (Lipinski definition) is 1. The monoisotopic (exact) mass is 302 g/mol. The number of halogens is 1. The van der Waals surface area contributed by atoms with Gasteiger partial charge in [0.15, 0.2) is 0 Å². The Bertz CT molecular complexity index is 597. The molecule has 0 saturated heterocycles. The van der Waals surface area contributed by atoms with Gasteiger partial charge in [-0.15, -0.1) is 0 Å². The summed E-state index contributed by atoms with van der Waals surface area (Å²) in [6, 6.07) is 2.73. The predicted molar refractivity (Wildman–Crippen MR) is 78.3 cm³/mol. The van der Waals surface area contributed by atoms with Crippen molar-refractivity contribution in [2.75, 3.05) is 7.05 Å². The molecule has 4 nitrogen and oxygen atoms in total. The molecule has 0 saturated carbocycles. The Hall–Kier alpha value is -0.980. The molecule has 20 heavy (non-hydrogen) atoms. The molecule has 0 unspecified atom stereocenters. The van der Waals surface area contributed by atoms with E-state index in [4.69, 9.17) is 5.73 Å². The molecule has 114 valence electrons. The van der Waals surface area contributed by atoms with Crippen LogP contribution < -0.4 is 5.73 Å². The highest BCUT2D eigenvalue weighted by molar-refractivity contribution is 7.89. The first-order valence-corrected chi connectivity index (χ1v) is 8.00. The second kappa shape index (κ2) is 5.79. The summed E-state index contributed by atoms with van der Waals surface area (Å²) in [5.74, 6) is -0.547. The molecular formula is C14H23FN2O2S. The molecule has 0 aliphatic carbocycles. The van der Waals surface area contributed by atoms with Gasteiger partial charge in [-0.25, -0.2) is 12.8 Å². The summed E-state index contributed by atoms with van der Waals surface area (Å²) in [5.41, 5.74) is 5.55. The maximum Gasteiger partial charge on any atom is 0.243 e. The van der Waals surface area contributed by atoms with Crippen molar-refractivity contribution in [3.63, 3.8) is 0 Å². The lowest BCUT2D eigenvalue weighted by molar-refractivity contribution is 0.257. The molecule has 6 heteroatoms. The molecule has 0 aliphatic rings. The van der Waals surface area contributed by atoms with Gasteiger partial charge in [-0.3, -0.25) is 0 Å². The third kappa shape index (κ3) is 3.02. The third-order valence-corrected chi connectivity index (χ3v) is 6.14. The van der Waals surface area contributed by atoms with Gasteiger partial charge in [-0.1, -0.05) is 6.92 Å². The van der Waals surface area contributed by atoms with Crippen molar-refractivity contribution in [3.05, 3.63) is 29.1 Å². The van der Waals surface area contributed by atoms with E-state index in [0.29, 0.717) is 12.0 Å². The molecule has 0 spiro atoms. The van der Waals surface area contributed by atoms with E-state index in [1.165, 1.54) is 30.4 Å². The highest BCUT2D eigenvalue weighted by Gasteiger charge is 2.34. The molecule has 2 N–H and O–H groups in total. The van der Waals surface area contributed by atoms with Crippen LogP contribution in [0.4, 0.5) is 4.39 Å². The van der Waals surface area contributed by atoms with E-state index in [1.54, 1.807) is 0 Å². The molecule has 0 aromatic heterocycles. The fourth-order valence-corrected chi connectivity index (χ4v) is 3.65. The molecule has 0 radical (unpaired) electrons. The van der Waals surface area contributed by atoms with Crippen LogP contribution >= 0.6 is 0 Å². The van der Waals surface area contributed by atoms with E-state index in [0.717, 1.165) is 0 Å². The van der Waals surface area contributed by atoms with Gasteiger partial charge in [0.25, 0.3) is 0 Å². The van der Waals surface area contributed by atoms with Gasteiger partial charge in [0.05, 0.1) is 4.90 Å². The number of sulfonamides is 1. The van der Waals surface area contributed by atoms with E-state index < -0.39 is 21.4 Å². The van der Waals surface area contributed by atoms with Crippen molar-refractivity contribution in [3.8, 4) is 0 Å². The van der Waals surface area contributed by atoms with Crippen LogP contribution in [0.25, 0.3) is 0 Å². The zero-order valence-electron chi connectivity index (χ0n) is 12.7. The van der Waals surface area contributed by atoms with Gasteiger partial charge in [-0.05, 0) is 44.9 Å². The van der Waals surface area contributed by atoms with Crippen LogP contribution in [0, 0.1) is 12.7 Å². The minimum atomic E-state index is -3.76. The fraction of sp³-hybridized carbons (Fsp3) is 0.571. The minimum absolute atomic E-state index is 0.0121. The second-order valence-corrected chi connectivity index (χ2v) is 7.48. The molecule has 1 aromatic carbocycles. The van der Waals surface area contributed by atoms with E-state index in [-0.39, 0.29) is 17.0 Å². The van der Waals surface area contributed by atoms with Crippen molar-refractivity contribution >= 4 is 10.0 Å². The van der Waals surface area contributed by atoms with Crippen molar-refractivity contribution in [2.24, 2.45) is 5.73 Å². The Morgan fingerprint density at radius 2 is 1.90 bits per heavy atom. The van der Waals surface area contributed by atoms with Crippen molar-refractivity contribution in [1.82, 2.24) is 4.31 Å². The van der Waals surface area contributed by atoms with E-state index in [1.807, 2.05) is 20.8 Å². The number of hydrogen-bond acceptors (Lipinski definition) is 3. The average molecular weight is 302 g/mol. The van der Waals surface area contributed by atoms with Crippen LogP contribution in [-0.2, 0) is 16.6 Å². The van der Waals surface area contributed by atoms with Crippen LogP contribution in [0.5, 0.6) is 0 Å². The van der Waals surface area contributed by atoms with Crippen LogP contribution in [0.1, 0.15) is 38.3 Å². The Morgan fingerprint density at radius 1 is 1.35 bits per heavy atom. The van der Waals surface area contributed by atoms with Crippen LogP contribution in [0.2, 0.25) is 0 Å². The fourth-order valence-electron chi connectivity index (χ4n) is 1.79. The predicted octanol–water partition coefficient (Wildman–Crippen LogP) is 2.40. The molecule has 0 aliphatic heterocycles. The average Bonchev–Trinajstić information content (AvgIpc) is 2.40. The standard InChI is InChI=1S/C14H23FN2O2S/c1-6-14(3,4)17(5)20(18,19)13-8-11(9-16)7-12(15)10(13)2/h7-8H,6,9,16H2,1-5H3. The molecule has 1 rings (SSSR count). The summed E-state index contributed by atoms with van der Waals surface area (Å²) in [5, 5.41) is 0. The van der Waals surface area contributed by atoms with E-state index in [9.17, 15) is 12.8 Å². The van der Waals surface area contributed by atoms with Gasteiger partial charge in [0, 0.05) is 24.7 Å². The number of rotatable bonds is 5. The molecule has 0 heterocycles. The Morgan fingerprint density at radius 3 is 2.35 bits per heavy atom. The summed E-state index contributed by atoms with van der Waals surface area (Å²) in [6.07, 6.45) is 0.654. The summed E-state index contributed by atoms with van der Waals surface area (Å²) in [7, 11) is -2.24.